The average Bonchev–Trinajstić information content (AvgIpc) is 3.12. The van der Waals surface area contributed by atoms with Crippen LogP contribution in [-0.4, -0.2) is 67.7 Å². The molecule has 0 spiro atoms. The van der Waals surface area contributed by atoms with Gasteiger partial charge in [0, 0.05) is 57.4 Å². The van der Waals surface area contributed by atoms with E-state index in [9.17, 15) is 8.42 Å². The molecule has 0 saturated carbocycles. The molecule has 0 amide bonds. The number of benzene rings is 1. The standard InChI is InChI=1S/C20H24N6O2S/c1-24-10-7-17-15(13-24)14-26-19(22-17)18(20(23-26)25-11-8-21-9-12-25)29(27,28)16-5-3-2-4-6-16/h2-6,14,21H,7-13H2,1H3. The molecule has 29 heavy (non-hydrogen) atoms. The molecule has 2 aliphatic heterocycles. The van der Waals surface area contributed by atoms with Crippen LogP contribution in [0.5, 0.6) is 0 Å². The van der Waals surface area contributed by atoms with Crippen LogP contribution in [0.15, 0.2) is 46.3 Å². The highest BCUT2D eigenvalue weighted by atomic mass is 32.2. The molecule has 1 saturated heterocycles. The van der Waals surface area contributed by atoms with E-state index in [1.165, 1.54) is 0 Å². The summed E-state index contributed by atoms with van der Waals surface area (Å²) in [4.78, 5) is 9.58. The van der Waals surface area contributed by atoms with E-state index in [1.54, 1.807) is 28.8 Å². The van der Waals surface area contributed by atoms with Crippen LogP contribution in [0.2, 0.25) is 0 Å². The zero-order chi connectivity index (χ0) is 20.0. The fourth-order valence-electron chi connectivity index (χ4n) is 4.07. The SMILES string of the molecule is CN1CCc2nc3c(S(=O)(=O)c4ccccc4)c(N4CCNCC4)nn3cc2C1. The minimum Gasteiger partial charge on any atom is -0.351 e. The summed E-state index contributed by atoms with van der Waals surface area (Å²) in [6.45, 7) is 4.73. The van der Waals surface area contributed by atoms with E-state index in [2.05, 4.69) is 17.3 Å². The maximum Gasteiger partial charge on any atom is 0.214 e. The Morgan fingerprint density at radius 2 is 1.83 bits per heavy atom. The zero-order valence-corrected chi connectivity index (χ0v) is 17.2. The molecular formula is C20H24N6O2S. The first-order valence-electron chi connectivity index (χ1n) is 9.89. The van der Waals surface area contributed by atoms with Gasteiger partial charge in [0.1, 0.15) is 0 Å². The van der Waals surface area contributed by atoms with Crippen molar-refractivity contribution in [3.05, 3.63) is 47.8 Å². The molecule has 0 radical (unpaired) electrons. The van der Waals surface area contributed by atoms with Crippen molar-refractivity contribution in [2.24, 2.45) is 0 Å². The molecule has 1 fully saturated rings. The van der Waals surface area contributed by atoms with Gasteiger partial charge >= 0.3 is 0 Å². The summed E-state index contributed by atoms with van der Waals surface area (Å²) >= 11 is 0. The fraction of sp³-hybridized carbons (Fsp3) is 0.400. The molecule has 152 valence electrons. The van der Waals surface area contributed by atoms with E-state index in [0.29, 0.717) is 24.6 Å². The number of nitrogens with zero attached hydrogens (tertiary/aromatic N) is 5. The van der Waals surface area contributed by atoms with Crippen molar-refractivity contribution < 1.29 is 8.42 Å². The maximum atomic E-state index is 13.6. The monoisotopic (exact) mass is 412 g/mol. The quantitative estimate of drug-likeness (QED) is 0.686. The second kappa shape index (κ2) is 7.08. The summed E-state index contributed by atoms with van der Waals surface area (Å²) in [5.74, 6) is 0.499. The van der Waals surface area contributed by atoms with Crippen LogP contribution in [0, 0.1) is 0 Å². The van der Waals surface area contributed by atoms with Gasteiger partial charge in [-0.25, -0.2) is 17.9 Å². The number of hydrogen-bond acceptors (Lipinski definition) is 7. The number of fused-ring (bicyclic) bond motifs is 2. The summed E-state index contributed by atoms with van der Waals surface area (Å²) in [5.41, 5.74) is 2.49. The maximum absolute atomic E-state index is 13.6. The molecule has 4 heterocycles. The second-order valence-corrected chi connectivity index (χ2v) is 9.56. The van der Waals surface area contributed by atoms with E-state index in [1.807, 2.05) is 17.2 Å². The van der Waals surface area contributed by atoms with Crippen molar-refractivity contribution in [3.63, 3.8) is 0 Å². The van der Waals surface area contributed by atoms with Crippen LogP contribution in [0.4, 0.5) is 5.82 Å². The van der Waals surface area contributed by atoms with Gasteiger partial charge in [0.25, 0.3) is 0 Å². The van der Waals surface area contributed by atoms with E-state index < -0.39 is 9.84 Å². The molecule has 5 rings (SSSR count). The molecule has 2 aliphatic rings. The molecule has 2 aromatic heterocycles. The van der Waals surface area contributed by atoms with Crippen LogP contribution < -0.4 is 10.2 Å². The molecular weight excluding hydrogens is 388 g/mol. The Kier molecular flexibility index (Phi) is 4.53. The fourth-order valence-corrected chi connectivity index (χ4v) is 5.61. The van der Waals surface area contributed by atoms with Gasteiger partial charge in [0.05, 0.1) is 10.6 Å². The molecule has 3 aromatic rings. The molecule has 0 atom stereocenters. The first-order valence-corrected chi connectivity index (χ1v) is 11.4. The Hall–Kier alpha value is -2.49. The highest BCUT2D eigenvalue weighted by molar-refractivity contribution is 7.91. The number of anilines is 1. The largest absolute Gasteiger partial charge is 0.351 e. The van der Waals surface area contributed by atoms with Crippen molar-refractivity contribution in [2.75, 3.05) is 44.7 Å². The molecule has 0 unspecified atom stereocenters. The molecule has 8 nitrogen and oxygen atoms in total. The summed E-state index contributed by atoms with van der Waals surface area (Å²) in [7, 11) is -1.68. The van der Waals surface area contributed by atoms with Crippen molar-refractivity contribution in [3.8, 4) is 0 Å². The number of likely N-dealkylation sites (N-methyl/N-ethyl adjacent to an activating group) is 1. The molecule has 1 aromatic carbocycles. The Morgan fingerprint density at radius 1 is 1.07 bits per heavy atom. The molecule has 9 heteroatoms. The van der Waals surface area contributed by atoms with Crippen LogP contribution >= 0.6 is 0 Å². The van der Waals surface area contributed by atoms with Crippen molar-refractivity contribution in [2.45, 2.75) is 22.8 Å². The predicted octanol–water partition coefficient (Wildman–Crippen LogP) is 0.960. The Morgan fingerprint density at radius 3 is 2.59 bits per heavy atom. The lowest BCUT2D eigenvalue weighted by atomic mass is 10.1. The third kappa shape index (κ3) is 3.19. The number of aromatic nitrogens is 3. The molecule has 0 bridgehead atoms. The Bertz CT molecular complexity index is 1150. The van der Waals surface area contributed by atoms with Gasteiger partial charge in [-0.3, -0.25) is 0 Å². The van der Waals surface area contributed by atoms with Gasteiger partial charge < -0.3 is 15.1 Å². The minimum atomic E-state index is -3.76. The zero-order valence-electron chi connectivity index (χ0n) is 16.4. The van der Waals surface area contributed by atoms with Gasteiger partial charge in [0.15, 0.2) is 16.4 Å². The van der Waals surface area contributed by atoms with E-state index >= 15 is 0 Å². The lowest BCUT2D eigenvalue weighted by Gasteiger charge is -2.27. The first-order chi connectivity index (χ1) is 14.0. The third-order valence-corrected chi connectivity index (χ3v) is 7.42. The van der Waals surface area contributed by atoms with Crippen LogP contribution in [-0.2, 0) is 22.8 Å². The van der Waals surface area contributed by atoms with Gasteiger partial charge in [-0.2, -0.15) is 0 Å². The third-order valence-electron chi connectivity index (χ3n) is 5.62. The Balaban J connectivity index is 1.75. The smallest absolute Gasteiger partial charge is 0.214 e. The van der Waals surface area contributed by atoms with Crippen LogP contribution in [0.25, 0.3) is 5.65 Å². The van der Waals surface area contributed by atoms with E-state index in [-0.39, 0.29) is 9.79 Å². The topological polar surface area (TPSA) is 82.8 Å². The van der Waals surface area contributed by atoms with Crippen molar-refractivity contribution in [1.29, 1.82) is 0 Å². The number of nitrogens with one attached hydrogen (secondary N) is 1. The molecule has 1 N–H and O–H groups in total. The summed E-state index contributed by atoms with van der Waals surface area (Å²) in [6.07, 6.45) is 2.75. The van der Waals surface area contributed by atoms with Crippen molar-refractivity contribution in [1.82, 2.24) is 24.8 Å². The average molecular weight is 413 g/mol. The lowest BCUT2D eigenvalue weighted by Crippen LogP contribution is -2.44. The summed E-state index contributed by atoms with van der Waals surface area (Å²) in [6, 6.07) is 8.57. The van der Waals surface area contributed by atoms with E-state index in [0.717, 1.165) is 43.9 Å². The molecule has 0 aliphatic carbocycles. The summed E-state index contributed by atoms with van der Waals surface area (Å²) in [5, 5.41) is 8.03. The minimum absolute atomic E-state index is 0.215. The highest BCUT2D eigenvalue weighted by Gasteiger charge is 2.32. The first kappa shape index (κ1) is 18.5. The number of rotatable bonds is 3. The van der Waals surface area contributed by atoms with Crippen molar-refractivity contribution >= 4 is 21.3 Å². The van der Waals surface area contributed by atoms with Crippen LogP contribution in [0.3, 0.4) is 0 Å². The number of hydrogen-bond donors (Lipinski definition) is 1. The number of sulfone groups is 1. The second-order valence-electron chi connectivity index (χ2n) is 7.68. The lowest BCUT2D eigenvalue weighted by molar-refractivity contribution is 0.309. The van der Waals surface area contributed by atoms with Gasteiger partial charge in [-0.1, -0.05) is 18.2 Å². The van der Waals surface area contributed by atoms with E-state index in [4.69, 9.17) is 10.1 Å². The highest BCUT2D eigenvalue weighted by Crippen LogP contribution is 2.34. The number of piperazine rings is 1. The van der Waals surface area contributed by atoms with Crippen LogP contribution in [0.1, 0.15) is 11.3 Å². The van der Waals surface area contributed by atoms with Gasteiger partial charge in [-0.05, 0) is 19.2 Å². The van der Waals surface area contributed by atoms with Gasteiger partial charge in [-0.15, -0.1) is 5.10 Å². The van der Waals surface area contributed by atoms with Gasteiger partial charge in [0.2, 0.25) is 9.84 Å². The Labute approximate surface area is 170 Å². The summed E-state index contributed by atoms with van der Waals surface area (Å²) < 4.78 is 29.0. The predicted molar refractivity (Wildman–Crippen MR) is 110 cm³/mol. The normalized spacial score (nSPS) is 18.2.